The Labute approximate surface area is 108 Å². The van der Waals surface area contributed by atoms with Crippen LogP contribution in [0.15, 0.2) is 24.4 Å². The fourth-order valence-corrected chi connectivity index (χ4v) is 1.85. The number of hydrogen-bond acceptors (Lipinski definition) is 2. The first-order valence-corrected chi connectivity index (χ1v) is 5.68. The molecular formula is C13H12F2N2O2. The molecular weight excluding hydrogens is 254 g/mol. The van der Waals surface area contributed by atoms with Crippen LogP contribution in [0.1, 0.15) is 30.2 Å². The first-order valence-electron chi connectivity index (χ1n) is 5.68. The summed E-state index contributed by atoms with van der Waals surface area (Å²) in [5, 5.41) is 12.9. The number of halogens is 2. The fourth-order valence-electron chi connectivity index (χ4n) is 1.85. The van der Waals surface area contributed by atoms with E-state index in [4.69, 9.17) is 5.11 Å². The molecule has 0 radical (unpaired) electrons. The van der Waals surface area contributed by atoms with E-state index < -0.39 is 23.2 Å². The van der Waals surface area contributed by atoms with Crippen LogP contribution in [0.25, 0.3) is 11.3 Å². The average molecular weight is 266 g/mol. The van der Waals surface area contributed by atoms with Gasteiger partial charge in [0, 0.05) is 23.9 Å². The fraction of sp³-hybridized carbons (Fsp3) is 0.231. The number of benzene rings is 1. The monoisotopic (exact) mass is 266 g/mol. The molecule has 0 aliphatic heterocycles. The van der Waals surface area contributed by atoms with Crippen molar-refractivity contribution in [3.05, 3.63) is 41.6 Å². The van der Waals surface area contributed by atoms with Gasteiger partial charge in [-0.1, -0.05) is 0 Å². The molecule has 100 valence electrons. The van der Waals surface area contributed by atoms with Crippen molar-refractivity contribution in [3.63, 3.8) is 0 Å². The van der Waals surface area contributed by atoms with E-state index in [0.717, 1.165) is 6.07 Å². The quantitative estimate of drug-likeness (QED) is 0.928. The third-order valence-electron chi connectivity index (χ3n) is 2.72. The first-order chi connectivity index (χ1) is 8.91. The first kappa shape index (κ1) is 13.2. The Kier molecular flexibility index (Phi) is 3.33. The van der Waals surface area contributed by atoms with Crippen molar-refractivity contribution < 1.29 is 18.7 Å². The summed E-state index contributed by atoms with van der Waals surface area (Å²) in [6, 6.07) is 3.10. The van der Waals surface area contributed by atoms with Crippen LogP contribution in [0.4, 0.5) is 8.78 Å². The molecule has 1 N–H and O–H groups in total. The highest BCUT2D eigenvalue weighted by atomic mass is 19.1. The summed E-state index contributed by atoms with van der Waals surface area (Å²) >= 11 is 0. The molecule has 1 aromatic carbocycles. The molecule has 0 atom stereocenters. The molecule has 0 amide bonds. The molecule has 0 aliphatic rings. The number of carbonyl (C=O) groups is 1. The van der Waals surface area contributed by atoms with E-state index in [0.29, 0.717) is 11.8 Å². The van der Waals surface area contributed by atoms with Crippen molar-refractivity contribution in [2.45, 2.75) is 19.9 Å². The van der Waals surface area contributed by atoms with Gasteiger partial charge in [0.25, 0.3) is 0 Å². The van der Waals surface area contributed by atoms with Crippen molar-refractivity contribution in [2.24, 2.45) is 0 Å². The molecule has 0 saturated heterocycles. The van der Waals surface area contributed by atoms with Gasteiger partial charge in [0.2, 0.25) is 0 Å². The van der Waals surface area contributed by atoms with E-state index in [1.165, 1.54) is 6.20 Å². The van der Waals surface area contributed by atoms with Crippen LogP contribution in [-0.2, 0) is 0 Å². The molecule has 0 bridgehead atoms. The highest BCUT2D eigenvalue weighted by molar-refractivity contribution is 5.89. The second kappa shape index (κ2) is 4.79. The van der Waals surface area contributed by atoms with Crippen LogP contribution in [0.5, 0.6) is 0 Å². The van der Waals surface area contributed by atoms with Crippen molar-refractivity contribution in [1.82, 2.24) is 9.78 Å². The highest BCUT2D eigenvalue weighted by Crippen LogP contribution is 2.27. The molecule has 0 unspecified atom stereocenters. The van der Waals surface area contributed by atoms with Gasteiger partial charge in [0.05, 0.1) is 11.3 Å². The Morgan fingerprint density at radius 2 is 2.00 bits per heavy atom. The van der Waals surface area contributed by atoms with E-state index in [1.807, 2.05) is 13.8 Å². The zero-order valence-corrected chi connectivity index (χ0v) is 10.4. The Hall–Kier alpha value is -2.24. The van der Waals surface area contributed by atoms with Crippen molar-refractivity contribution in [2.75, 3.05) is 0 Å². The SMILES string of the molecule is CC(C)n1nccc1-c1cc(C(=O)O)c(F)cc1F. The van der Waals surface area contributed by atoms with E-state index >= 15 is 0 Å². The lowest BCUT2D eigenvalue weighted by molar-refractivity contribution is 0.0692. The molecule has 1 aromatic heterocycles. The van der Waals surface area contributed by atoms with Gasteiger partial charge in [-0.2, -0.15) is 5.10 Å². The van der Waals surface area contributed by atoms with E-state index in [-0.39, 0.29) is 11.6 Å². The zero-order chi connectivity index (χ0) is 14.2. The minimum Gasteiger partial charge on any atom is -0.478 e. The van der Waals surface area contributed by atoms with Crippen molar-refractivity contribution >= 4 is 5.97 Å². The van der Waals surface area contributed by atoms with E-state index in [2.05, 4.69) is 5.10 Å². The van der Waals surface area contributed by atoms with Gasteiger partial charge in [-0.25, -0.2) is 13.6 Å². The molecule has 0 fully saturated rings. The molecule has 4 nitrogen and oxygen atoms in total. The standard InChI is InChI=1S/C13H12F2N2O2/c1-7(2)17-12(3-4-16-17)8-5-9(13(18)19)11(15)6-10(8)14/h3-7H,1-2H3,(H,18,19). The number of carboxylic acids is 1. The Bertz CT molecular complexity index is 636. The normalized spacial score (nSPS) is 11.0. The summed E-state index contributed by atoms with van der Waals surface area (Å²) in [5.74, 6) is -3.34. The zero-order valence-electron chi connectivity index (χ0n) is 10.4. The van der Waals surface area contributed by atoms with Gasteiger partial charge in [-0.3, -0.25) is 4.68 Å². The summed E-state index contributed by atoms with van der Waals surface area (Å²) < 4.78 is 28.7. The van der Waals surface area contributed by atoms with Crippen molar-refractivity contribution in [3.8, 4) is 11.3 Å². The summed E-state index contributed by atoms with van der Waals surface area (Å²) in [6.45, 7) is 3.71. The number of aromatic nitrogens is 2. The number of aromatic carboxylic acids is 1. The minimum absolute atomic E-state index is 0.0185. The Balaban J connectivity index is 2.65. The number of carboxylic acid groups (broad SMARTS) is 1. The third-order valence-corrected chi connectivity index (χ3v) is 2.72. The van der Waals surface area contributed by atoms with Crippen LogP contribution < -0.4 is 0 Å². The van der Waals surface area contributed by atoms with Crippen LogP contribution in [-0.4, -0.2) is 20.9 Å². The van der Waals surface area contributed by atoms with Crippen LogP contribution >= 0.6 is 0 Å². The lowest BCUT2D eigenvalue weighted by Gasteiger charge is -2.12. The number of hydrogen-bond donors (Lipinski definition) is 1. The number of nitrogens with zero attached hydrogens (tertiary/aromatic N) is 2. The van der Waals surface area contributed by atoms with Gasteiger partial charge < -0.3 is 5.11 Å². The molecule has 0 spiro atoms. The maximum atomic E-state index is 13.8. The van der Waals surface area contributed by atoms with E-state index in [9.17, 15) is 13.6 Å². The highest BCUT2D eigenvalue weighted by Gasteiger charge is 2.19. The van der Waals surface area contributed by atoms with Crippen LogP contribution in [0.2, 0.25) is 0 Å². The van der Waals surface area contributed by atoms with Gasteiger partial charge in [0.15, 0.2) is 0 Å². The Morgan fingerprint density at radius 1 is 1.32 bits per heavy atom. The molecule has 6 heteroatoms. The van der Waals surface area contributed by atoms with E-state index in [1.54, 1.807) is 10.7 Å². The van der Waals surface area contributed by atoms with Gasteiger partial charge >= 0.3 is 5.97 Å². The predicted octanol–water partition coefficient (Wildman–Crippen LogP) is 3.11. The summed E-state index contributed by atoms with van der Waals surface area (Å²) in [4.78, 5) is 10.9. The predicted molar refractivity (Wildman–Crippen MR) is 64.9 cm³/mol. The van der Waals surface area contributed by atoms with Gasteiger partial charge in [0.1, 0.15) is 11.6 Å². The average Bonchev–Trinajstić information content (AvgIpc) is 2.77. The molecule has 0 aliphatic carbocycles. The smallest absolute Gasteiger partial charge is 0.338 e. The number of rotatable bonds is 3. The molecule has 2 aromatic rings. The third kappa shape index (κ3) is 2.33. The van der Waals surface area contributed by atoms with Crippen LogP contribution in [0.3, 0.4) is 0 Å². The summed E-state index contributed by atoms with van der Waals surface area (Å²) in [6.07, 6.45) is 1.48. The second-order valence-electron chi connectivity index (χ2n) is 4.37. The second-order valence-corrected chi connectivity index (χ2v) is 4.37. The maximum absolute atomic E-state index is 13.8. The maximum Gasteiger partial charge on any atom is 0.338 e. The minimum atomic E-state index is -1.44. The van der Waals surface area contributed by atoms with Gasteiger partial charge in [-0.05, 0) is 26.0 Å². The summed E-state index contributed by atoms with van der Waals surface area (Å²) in [7, 11) is 0. The Morgan fingerprint density at radius 3 is 2.58 bits per heavy atom. The lowest BCUT2D eigenvalue weighted by Crippen LogP contribution is -2.07. The molecule has 1 heterocycles. The summed E-state index contributed by atoms with van der Waals surface area (Å²) in [5.41, 5.74) is -0.132. The topological polar surface area (TPSA) is 55.1 Å². The molecule has 2 rings (SSSR count). The molecule has 19 heavy (non-hydrogen) atoms. The molecule has 0 saturated carbocycles. The van der Waals surface area contributed by atoms with Crippen molar-refractivity contribution in [1.29, 1.82) is 0 Å². The van der Waals surface area contributed by atoms with Gasteiger partial charge in [-0.15, -0.1) is 0 Å². The van der Waals surface area contributed by atoms with Crippen LogP contribution in [0, 0.1) is 11.6 Å². The lowest BCUT2D eigenvalue weighted by atomic mass is 10.1. The largest absolute Gasteiger partial charge is 0.478 e.